The summed E-state index contributed by atoms with van der Waals surface area (Å²) in [6, 6.07) is 49.8. The molecule has 4 nitrogen and oxygen atoms in total. The molecule has 0 amide bonds. The van der Waals surface area contributed by atoms with Crippen LogP contribution in [0.2, 0.25) is 0 Å². The summed E-state index contributed by atoms with van der Waals surface area (Å²) in [6.07, 6.45) is 11.7. The smallest absolute Gasteiger partial charge is 0.297 e. The predicted octanol–water partition coefficient (Wildman–Crippen LogP) is 21.6. The summed E-state index contributed by atoms with van der Waals surface area (Å²) in [6.45, 7) is 49.3. The summed E-state index contributed by atoms with van der Waals surface area (Å²) < 4.78 is 7.97. The monoisotopic (exact) mass is 1180 g/mol. The molecule has 460 valence electrons. The second-order valence-electron chi connectivity index (χ2n) is 35.7. The standard InChI is InChI=1S/C84H100BN3O/c1-75(2,3)52-28-32-66(56(42-52)51-26-22-21-23-27-51)87-67-33-29-53(76(4,5)6)43-65(67)85-72-69(45-55(46-70(72)87)88-68-49-62-61(80(13,14)39-40-81(62,15)16)48-64(68)83(19)34-24-25-35-84(83,88)20)86(54-30-31-58-59(44-54)78(9,10)37-36-77(58,7)8)73-57-47-60-63(50-71(57)89-74(73)85)82(17,18)41-38-79(60,11)12/h21-23,26-33,42-50H,24-25,34-41H2,1-20H3. The van der Waals surface area contributed by atoms with Gasteiger partial charge in [-0.3, -0.25) is 0 Å². The van der Waals surface area contributed by atoms with Crippen LogP contribution in [0.4, 0.5) is 45.5 Å². The molecule has 4 heterocycles. The van der Waals surface area contributed by atoms with Gasteiger partial charge in [-0.2, -0.15) is 0 Å². The highest BCUT2D eigenvalue weighted by atomic mass is 16.3. The first kappa shape index (κ1) is 58.9. The van der Waals surface area contributed by atoms with E-state index < -0.39 is 0 Å². The lowest BCUT2D eigenvalue weighted by atomic mass is 9.35. The van der Waals surface area contributed by atoms with Gasteiger partial charge in [-0.1, -0.05) is 205 Å². The topological polar surface area (TPSA) is 22.9 Å². The van der Waals surface area contributed by atoms with Crippen LogP contribution >= 0.6 is 0 Å². The number of rotatable bonds is 4. The number of nitrogens with zero attached hydrogens (tertiary/aromatic N) is 3. The van der Waals surface area contributed by atoms with Crippen molar-refractivity contribution < 1.29 is 4.42 Å². The third-order valence-electron chi connectivity index (χ3n) is 25.1. The maximum atomic E-state index is 7.97. The summed E-state index contributed by atoms with van der Waals surface area (Å²) in [5, 5.41) is 1.22. The van der Waals surface area contributed by atoms with Gasteiger partial charge < -0.3 is 19.1 Å². The highest BCUT2D eigenvalue weighted by molar-refractivity contribution is 7.00. The second kappa shape index (κ2) is 18.6. The van der Waals surface area contributed by atoms with Crippen molar-refractivity contribution in [1.82, 2.24) is 0 Å². The molecule has 1 saturated carbocycles. The fourth-order valence-corrected chi connectivity index (χ4v) is 18.6. The molecule has 5 heteroatoms. The van der Waals surface area contributed by atoms with Crippen LogP contribution in [0, 0.1) is 0 Å². The van der Waals surface area contributed by atoms with Crippen molar-refractivity contribution in [2.45, 2.75) is 257 Å². The van der Waals surface area contributed by atoms with Crippen molar-refractivity contribution in [3.63, 3.8) is 0 Å². The van der Waals surface area contributed by atoms with Crippen molar-refractivity contribution >= 4 is 79.8 Å². The van der Waals surface area contributed by atoms with Crippen molar-refractivity contribution in [2.75, 3.05) is 14.7 Å². The van der Waals surface area contributed by atoms with Gasteiger partial charge in [0.1, 0.15) is 5.58 Å². The van der Waals surface area contributed by atoms with Crippen molar-refractivity contribution in [3.05, 3.63) is 171 Å². The van der Waals surface area contributed by atoms with Gasteiger partial charge in [-0.05, 0) is 229 Å². The fourth-order valence-electron chi connectivity index (χ4n) is 18.6. The van der Waals surface area contributed by atoms with E-state index in [0.717, 1.165) is 36.9 Å². The third-order valence-corrected chi connectivity index (χ3v) is 25.1. The lowest BCUT2D eigenvalue weighted by Crippen LogP contribution is -2.61. The molecule has 0 spiro atoms. The van der Waals surface area contributed by atoms with Crippen LogP contribution in [0.25, 0.3) is 22.1 Å². The minimum Gasteiger partial charge on any atom is -0.468 e. The van der Waals surface area contributed by atoms with Gasteiger partial charge in [0.2, 0.25) is 0 Å². The number of hydrogen-bond acceptors (Lipinski definition) is 4. The van der Waals surface area contributed by atoms with Gasteiger partial charge in [0.25, 0.3) is 6.71 Å². The molecule has 3 aliphatic heterocycles. The van der Waals surface area contributed by atoms with Gasteiger partial charge >= 0.3 is 0 Å². The predicted molar refractivity (Wildman–Crippen MR) is 382 cm³/mol. The quantitative estimate of drug-likeness (QED) is 0.164. The minimum atomic E-state index is -0.210. The minimum absolute atomic E-state index is 0.00484. The van der Waals surface area contributed by atoms with E-state index in [0.29, 0.717) is 0 Å². The lowest BCUT2D eigenvalue weighted by molar-refractivity contribution is 0.194. The van der Waals surface area contributed by atoms with E-state index in [1.165, 1.54) is 150 Å². The third kappa shape index (κ3) is 8.42. The zero-order chi connectivity index (χ0) is 63.1. The molecule has 0 saturated heterocycles. The SMILES string of the molecule is CC(C)(C)c1ccc2c(c1)B1c3oc4cc5c(cc4c3N(c3ccc4c(c3)C(C)(C)CCC4(C)C)c3cc(N4c6cc7c(cc6C6(C)CCCCC46C)C(C)(C)CCC7(C)C)cc(c31)N2c1ccc(C(C)(C)C)cc1-c1ccccc1)C(C)(C)CCC5(C)C. The van der Waals surface area contributed by atoms with E-state index >= 15 is 0 Å². The average Bonchev–Trinajstić information content (AvgIpc) is 1.61. The van der Waals surface area contributed by atoms with Crippen LogP contribution in [-0.2, 0) is 48.7 Å². The summed E-state index contributed by atoms with van der Waals surface area (Å²) in [4.78, 5) is 8.41. The molecule has 4 aliphatic carbocycles. The Bertz CT molecular complexity index is 4300. The first-order valence-electron chi connectivity index (χ1n) is 34.5. The van der Waals surface area contributed by atoms with E-state index in [4.69, 9.17) is 4.42 Å². The van der Waals surface area contributed by atoms with Gasteiger partial charge in [-0.15, -0.1) is 0 Å². The van der Waals surface area contributed by atoms with Gasteiger partial charge in [0.05, 0.1) is 22.6 Å². The summed E-state index contributed by atoms with van der Waals surface area (Å²) in [7, 11) is 0. The Kier molecular flexibility index (Phi) is 12.3. The van der Waals surface area contributed by atoms with Crippen LogP contribution in [0.3, 0.4) is 0 Å². The fraction of sp³-hybridized carbons (Fsp3) is 0.476. The number of anilines is 8. The Morgan fingerprint density at radius 1 is 0.404 bits per heavy atom. The molecule has 2 unspecified atom stereocenters. The first-order valence-corrected chi connectivity index (χ1v) is 34.5. The Morgan fingerprint density at radius 2 is 0.921 bits per heavy atom. The molecule has 0 bridgehead atoms. The molecule has 0 N–H and O–H groups in total. The molecule has 89 heavy (non-hydrogen) atoms. The van der Waals surface area contributed by atoms with Gasteiger partial charge in [-0.25, -0.2) is 0 Å². The Hall–Kier alpha value is -6.46. The van der Waals surface area contributed by atoms with Gasteiger partial charge in [0, 0.05) is 50.5 Å². The number of hydrogen-bond donors (Lipinski definition) is 0. The number of fused-ring (bicyclic) bond motifs is 12. The average molecular weight is 1180 g/mol. The highest BCUT2D eigenvalue weighted by Gasteiger charge is 2.60. The van der Waals surface area contributed by atoms with Crippen LogP contribution in [0.5, 0.6) is 0 Å². The normalized spacial score (nSPS) is 23.6. The maximum Gasteiger partial charge on any atom is 0.297 e. The second-order valence-corrected chi connectivity index (χ2v) is 35.7. The molecular formula is C84H100BN3O. The highest BCUT2D eigenvalue weighted by Crippen LogP contribution is 2.65. The zero-order valence-corrected chi connectivity index (χ0v) is 57.9. The molecule has 7 aliphatic rings. The molecule has 1 aromatic heterocycles. The van der Waals surface area contributed by atoms with E-state index in [1.807, 2.05) is 0 Å². The van der Waals surface area contributed by atoms with Crippen LogP contribution in [0.1, 0.15) is 253 Å². The van der Waals surface area contributed by atoms with Crippen LogP contribution in [0.15, 0.2) is 126 Å². The van der Waals surface area contributed by atoms with E-state index in [1.54, 1.807) is 11.1 Å². The van der Waals surface area contributed by atoms with Gasteiger partial charge in [0.15, 0.2) is 0 Å². The van der Waals surface area contributed by atoms with E-state index in [-0.39, 0.29) is 61.0 Å². The number of benzene rings is 7. The Morgan fingerprint density at radius 3 is 1.53 bits per heavy atom. The van der Waals surface area contributed by atoms with Crippen molar-refractivity contribution in [3.8, 4) is 11.1 Å². The zero-order valence-electron chi connectivity index (χ0n) is 57.9. The Balaban J connectivity index is 1.12. The first-order chi connectivity index (χ1) is 41.6. The summed E-state index contributed by atoms with van der Waals surface area (Å²) in [5.74, 6) is 0. The molecule has 7 aromatic carbocycles. The van der Waals surface area contributed by atoms with E-state index in [2.05, 4.69) is 275 Å². The van der Waals surface area contributed by atoms with Crippen LogP contribution in [-0.4, -0.2) is 12.3 Å². The molecule has 0 radical (unpaired) electrons. The maximum absolute atomic E-state index is 7.97. The van der Waals surface area contributed by atoms with E-state index in [9.17, 15) is 0 Å². The largest absolute Gasteiger partial charge is 0.468 e. The molecule has 8 aromatic rings. The molecule has 1 fully saturated rings. The summed E-state index contributed by atoms with van der Waals surface area (Å²) >= 11 is 0. The lowest BCUT2D eigenvalue weighted by Gasteiger charge is -2.51. The molecular weight excluding hydrogens is 1080 g/mol. The van der Waals surface area contributed by atoms with Crippen molar-refractivity contribution in [1.29, 1.82) is 0 Å². The van der Waals surface area contributed by atoms with Crippen molar-refractivity contribution in [2.24, 2.45) is 0 Å². The molecule has 2 atom stereocenters. The summed E-state index contributed by atoms with van der Waals surface area (Å²) in [5.41, 5.74) is 29.9. The van der Waals surface area contributed by atoms with Crippen LogP contribution < -0.4 is 31.3 Å². The number of furan rings is 1. The molecule has 15 rings (SSSR count). The Labute approximate surface area is 535 Å².